The van der Waals surface area contributed by atoms with E-state index in [1.165, 1.54) is 11.1 Å². The Bertz CT molecular complexity index is 1300. The third kappa shape index (κ3) is 5.09. The van der Waals surface area contributed by atoms with Gasteiger partial charge in [-0.2, -0.15) is 13.5 Å². The van der Waals surface area contributed by atoms with Crippen molar-refractivity contribution in [2.24, 2.45) is 9.50 Å². The third-order valence-electron chi connectivity index (χ3n) is 4.86. The van der Waals surface area contributed by atoms with Crippen LogP contribution in [-0.2, 0) is 14.8 Å². The fraction of sp³-hybridized carbons (Fsp3) is 0.125. The molecule has 168 valence electrons. The summed E-state index contributed by atoms with van der Waals surface area (Å²) in [6, 6.07) is 22.4. The Kier molecular flexibility index (Phi) is 6.50. The molecule has 0 fully saturated rings. The van der Waals surface area contributed by atoms with Crippen molar-refractivity contribution >= 4 is 28.0 Å². The molecular weight excluding hydrogens is 442 g/mol. The van der Waals surface area contributed by atoms with E-state index in [1.54, 1.807) is 67.9 Å². The van der Waals surface area contributed by atoms with Crippen LogP contribution in [-0.4, -0.2) is 51.7 Å². The van der Waals surface area contributed by atoms with Crippen molar-refractivity contribution in [3.8, 4) is 5.75 Å². The van der Waals surface area contributed by atoms with Crippen LogP contribution in [0, 0.1) is 0 Å². The van der Waals surface area contributed by atoms with E-state index in [9.17, 15) is 13.2 Å². The van der Waals surface area contributed by atoms with Gasteiger partial charge in [-0.25, -0.2) is 9.80 Å². The summed E-state index contributed by atoms with van der Waals surface area (Å²) in [5.41, 5.74) is 1.65. The smallest absolute Gasteiger partial charge is 0.338 e. The quantitative estimate of drug-likeness (QED) is 0.303. The second-order valence-electron chi connectivity index (χ2n) is 7.03. The van der Waals surface area contributed by atoms with Gasteiger partial charge in [-0.05, 0) is 54.1 Å². The van der Waals surface area contributed by atoms with Gasteiger partial charge in [-0.3, -0.25) is 0 Å². The number of hydrogen-bond donors (Lipinski definition) is 0. The van der Waals surface area contributed by atoms with Crippen LogP contribution in [0.4, 0.5) is 0 Å². The average Bonchev–Trinajstić information content (AvgIpc) is 3.12. The number of sulfonamides is 1. The van der Waals surface area contributed by atoms with Gasteiger partial charge in [0, 0.05) is 5.56 Å². The predicted octanol–water partition coefficient (Wildman–Crippen LogP) is 3.34. The normalized spacial score (nSPS) is 13.9. The molecule has 0 atom stereocenters. The van der Waals surface area contributed by atoms with Crippen molar-refractivity contribution < 1.29 is 22.7 Å². The standard InChI is InChI=1S/C24H21N3O5S/c1-31-20-13-11-18(12-14-20)17-25-27(15-16-32-24(28)19-7-3-2-4-8-19)23-21-9-5-6-10-22(21)33(29,30)26-23/h2-14,17H,15-16H2,1H3/b25-17+. The van der Waals surface area contributed by atoms with Gasteiger partial charge in [0.15, 0.2) is 5.84 Å². The van der Waals surface area contributed by atoms with E-state index in [1.807, 2.05) is 18.2 Å². The van der Waals surface area contributed by atoms with E-state index in [4.69, 9.17) is 9.47 Å². The van der Waals surface area contributed by atoms with Crippen LogP contribution in [0.1, 0.15) is 21.5 Å². The fourth-order valence-electron chi connectivity index (χ4n) is 3.20. The Hall–Kier alpha value is -3.98. The van der Waals surface area contributed by atoms with Gasteiger partial charge in [-0.1, -0.05) is 30.3 Å². The van der Waals surface area contributed by atoms with Crippen LogP contribution in [0.5, 0.6) is 5.75 Å². The van der Waals surface area contributed by atoms with E-state index < -0.39 is 16.0 Å². The summed E-state index contributed by atoms with van der Waals surface area (Å²) in [5.74, 6) is 0.402. The number of esters is 1. The minimum absolute atomic E-state index is 0.0189. The van der Waals surface area contributed by atoms with E-state index in [-0.39, 0.29) is 23.9 Å². The number of nitrogens with zero attached hydrogens (tertiary/aromatic N) is 3. The predicted molar refractivity (Wildman–Crippen MR) is 124 cm³/mol. The highest BCUT2D eigenvalue weighted by molar-refractivity contribution is 7.90. The summed E-state index contributed by atoms with van der Waals surface area (Å²) in [6.07, 6.45) is 1.58. The number of methoxy groups -OCH3 is 1. The molecule has 3 aromatic carbocycles. The zero-order valence-electron chi connectivity index (χ0n) is 17.8. The Balaban J connectivity index is 1.57. The summed E-state index contributed by atoms with van der Waals surface area (Å²) >= 11 is 0. The molecule has 0 unspecified atom stereocenters. The minimum atomic E-state index is -3.83. The number of fused-ring (bicyclic) bond motifs is 1. The van der Waals surface area contributed by atoms with Crippen LogP contribution in [0.3, 0.4) is 0 Å². The molecule has 1 aliphatic heterocycles. The lowest BCUT2D eigenvalue weighted by Crippen LogP contribution is -2.30. The molecular formula is C24H21N3O5S. The van der Waals surface area contributed by atoms with Crippen molar-refractivity contribution in [2.45, 2.75) is 4.90 Å². The van der Waals surface area contributed by atoms with Crippen molar-refractivity contribution in [3.63, 3.8) is 0 Å². The molecule has 3 aromatic rings. The summed E-state index contributed by atoms with van der Waals surface area (Å²) in [6.45, 7) is 0.0861. The van der Waals surface area contributed by atoms with Gasteiger partial charge in [0.05, 0.1) is 25.4 Å². The number of hydrogen-bond acceptors (Lipinski definition) is 7. The first-order chi connectivity index (χ1) is 16.0. The molecule has 0 saturated carbocycles. The van der Waals surface area contributed by atoms with Gasteiger partial charge in [0.25, 0.3) is 10.0 Å². The van der Waals surface area contributed by atoms with Gasteiger partial charge in [0.2, 0.25) is 0 Å². The van der Waals surface area contributed by atoms with E-state index in [0.29, 0.717) is 16.9 Å². The van der Waals surface area contributed by atoms with Crippen molar-refractivity contribution in [2.75, 3.05) is 20.3 Å². The molecule has 0 aromatic heterocycles. The number of amidine groups is 1. The first kappa shape index (κ1) is 22.2. The topological polar surface area (TPSA) is 97.6 Å². The first-order valence-electron chi connectivity index (χ1n) is 10.1. The number of carbonyl (C=O) groups is 1. The van der Waals surface area contributed by atoms with Crippen molar-refractivity contribution in [1.29, 1.82) is 0 Å². The van der Waals surface area contributed by atoms with Crippen LogP contribution in [0.25, 0.3) is 0 Å². The van der Waals surface area contributed by atoms with E-state index >= 15 is 0 Å². The lowest BCUT2D eigenvalue weighted by molar-refractivity contribution is 0.0487. The van der Waals surface area contributed by atoms with Crippen LogP contribution in [0.2, 0.25) is 0 Å². The molecule has 0 N–H and O–H groups in total. The maximum absolute atomic E-state index is 12.5. The number of benzene rings is 3. The fourth-order valence-corrected chi connectivity index (χ4v) is 4.41. The monoisotopic (exact) mass is 463 g/mol. The van der Waals surface area contributed by atoms with Crippen molar-refractivity contribution in [3.05, 3.63) is 95.6 Å². The summed E-state index contributed by atoms with van der Waals surface area (Å²) in [7, 11) is -2.25. The minimum Gasteiger partial charge on any atom is -0.497 e. The van der Waals surface area contributed by atoms with E-state index in [2.05, 4.69) is 9.50 Å². The van der Waals surface area contributed by atoms with Gasteiger partial charge >= 0.3 is 5.97 Å². The number of carbonyl (C=O) groups excluding carboxylic acids is 1. The first-order valence-corrected chi connectivity index (χ1v) is 11.5. The second-order valence-corrected chi connectivity index (χ2v) is 8.60. The SMILES string of the molecule is COc1ccc(/C=N/N(CCOC(=O)c2ccccc2)C2=NS(=O)(=O)c3ccccc32)cc1. The second kappa shape index (κ2) is 9.66. The molecule has 33 heavy (non-hydrogen) atoms. The van der Waals surface area contributed by atoms with Gasteiger partial charge in [0.1, 0.15) is 17.3 Å². The Labute approximate surface area is 191 Å². The summed E-state index contributed by atoms with van der Waals surface area (Å²) in [4.78, 5) is 12.4. The Morgan fingerprint density at radius 1 is 1.00 bits per heavy atom. The van der Waals surface area contributed by atoms with Gasteiger partial charge < -0.3 is 9.47 Å². The highest BCUT2D eigenvalue weighted by Crippen LogP contribution is 2.27. The molecule has 0 saturated heterocycles. The molecule has 0 spiro atoms. The number of hydrazone groups is 1. The number of ether oxygens (including phenoxy) is 2. The molecule has 0 amide bonds. The van der Waals surface area contributed by atoms with E-state index in [0.717, 1.165) is 5.56 Å². The molecule has 0 bridgehead atoms. The largest absolute Gasteiger partial charge is 0.497 e. The van der Waals surface area contributed by atoms with Crippen LogP contribution < -0.4 is 4.74 Å². The zero-order valence-corrected chi connectivity index (χ0v) is 18.6. The Morgan fingerprint density at radius 3 is 2.42 bits per heavy atom. The molecule has 1 aliphatic rings. The number of rotatable bonds is 7. The van der Waals surface area contributed by atoms with Gasteiger partial charge in [-0.15, -0.1) is 4.40 Å². The zero-order chi connectivity index (χ0) is 23.3. The lowest BCUT2D eigenvalue weighted by Gasteiger charge is -2.19. The summed E-state index contributed by atoms with van der Waals surface area (Å²) < 4.78 is 39.5. The molecule has 4 rings (SSSR count). The lowest BCUT2D eigenvalue weighted by atomic mass is 10.2. The average molecular weight is 464 g/mol. The third-order valence-corrected chi connectivity index (χ3v) is 6.19. The highest BCUT2D eigenvalue weighted by Gasteiger charge is 2.31. The van der Waals surface area contributed by atoms with Crippen molar-refractivity contribution in [1.82, 2.24) is 5.01 Å². The molecule has 9 heteroatoms. The van der Waals surface area contributed by atoms with Crippen LogP contribution in [0.15, 0.2) is 93.3 Å². The summed E-state index contributed by atoms with van der Waals surface area (Å²) in [5, 5.41) is 5.87. The maximum atomic E-state index is 12.5. The molecule has 8 nitrogen and oxygen atoms in total. The molecule has 0 aliphatic carbocycles. The van der Waals surface area contributed by atoms with Crippen LogP contribution >= 0.6 is 0 Å². The Morgan fingerprint density at radius 2 is 1.70 bits per heavy atom. The molecule has 1 heterocycles. The molecule has 0 radical (unpaired) electrons. The maximum Gasteiger partial charge on any atom is 0.338 e. The highest BCUT2D eigenvalue weighted by atomic mass is 32.2.